The van der Waals surface area contributed by atoms with E-state index in [9.17, 15) is 29.4 Å². The molecule has 0 radical (unpaired) electrons. The van der Waals surface area contributed by atoms with Gasteiger partial charge in [0.05, 0.1) is 6.04 Å². The lowest BCUT2D eigenvalue weighted by Crippen LogP contribution is -2.57. The third-order valence-electron chi connectivity index (χ3n) is 6.12. The number of aromatic hydroxyl groups is 1. The molecule has 0 fully saturated rings. The fourth-order valence-corrected chi connectivity index (χ4v) is 4.27. The molecule has 12 nitrogen and oxygen atoms in total. The molecule has 1 rings (SSSR count). The summed E-state index contributed by atoms with van der Waals surface area (Å²) in [4.78, 5) is 50.9. The second kappa shape index (κ2) is 19.2. The zero-order valence-corrected chi connectivity index (χ0v) is 23.4. The van der Waals surface area contributed by atoms with E-state index in [-0.39, 0.29) is 25.0 Å². The summed E-state index contributed by atoms with van der Waals surface area (Å²) in [5.41, 5.74) is 17.7. The van der Waals surface area contributed by atoms with Crippen LogP contribution in [0.4, 0.5) is 0 Å². The lowest BCUT2D eigenvalue weighted by molar-refractivity contribution is -0.142. The molecule has 11 N–H and O–H groups in total. The van der Waals surface area contributed by atoms with Gasteiger partial charge in [0.15, 0.2) is 0 Å². The lowest BCUT2D eigenvalue weighted by atomic mass is 10.0. The molecular formula is C26H44N6O6S. The molecule has 0 aromatic heterocycles. The van der Waals surface area contributed by atoms with Gasteiger partial charge in [-0.2, -0.15) is 11.8 Å². The first-order valence-electron chi connectivity index (χ1n) is 13.2. The van der Waals surface area contributed by atoms with Gasteiger partial charge in [-0.05, 0) is 81.3 Å². The minimum absolute atomic E-state index is 0.0546. The van der Waals surface area contributed by atoms with Crippen molar-refractivity contribution in [1.29, 1.82) is 0 Å². The summed E-state index contributed by atoms with van der Waals surface area (Å²) in [7, 11) is 0. The molecule has 0 aliphatic carbocycles. The van der Waals surface area contributed by atoms with Crippen molar-refractivity contribution in [3.8, 4) is 5.75 Å². The number of phenolic OH excluding ortho intramolecular Hbond substituents is 1. The number of hydrogen-bond acceptors (Lipinski definition) is 9. The van der Waals surface area contributed by atoms with Gasteiger partial charge in [-0.1, -0.05) is 18.6 Å². The number of phenols is 1. The zero-order chi connectivity index (χ0) is 29.2. The normalized spacial score (nSPS) is 14.1. The van der Waals surface area contributed by atoms with E-state index in [0.717, 1.165) is 0 Å². The van der Waals surface area contributed by atoms with Gasteiger partial charge in [0, 0.05) is 6.42 Å². The van der Waals surface area contributed by atoms with E-state index in [4.69, 9.17) is 17.2 Å². The number of carboxylic acids is 1. The van der Waals surface area contributed by atoms with Crippen molar-refractivity contribution in [2.45, 2.75) is 75.5 Å². The van der Waals surface area contributed by atoms with Crippen molar-refractivity contribution in [1.82, 2.24) is 16.0 Å². The number of thioether (sulfide) groups is 1. The van der Waals surface area contributed by atoms with Crippen LogP contribution in [0.15, 0.2) is 24.3 Å². The van der Waals surface area contributed by atoms with Gasteiger partial charge in [-0.15, -0.1) is 0 Å². The maximum atomic E-state index is 13.4. The third-order valence-corrected chi connectivity index (χ3v) is 6.76. The molecule has 4 atom stereocenters. The Labute approximate surface area is 234 Å². The van der Waals surface area contributed by atoms with E-state index in [0.29, 0.717) is 56.5 Å². The SMILES string of the molecule is CSCCC(NC(=O)C(Cc1ccc(O)cc1)NC(=O)C(N)CCCCN)C(=O)NC(CCCCN)C(=O)O. The zero-order valence-electron chi connectivity index (χ0n) is 22.6. The topological polar surface area (TPSA) is 223 Å². The van der Waals surface area contributed by atoms with Gasteiger partial charge >= 0.3 is 5.97 Å². The first kappa shape index (κ1) is 34.2. The van der Waals surface area contributed by atoms with Crippen molar-refractivity contribution >= 4 is 35.5 Å². The van der Waals surface area contributed by atoms with E-state index >= 15 is 0 Å². The predicted molar refractivity (Wildman–Crippen MR) is 152 cm³/mol. The highest BCUT2D eigenvalue weighted by Crippen LogP contribution is 2.13. The summed E-state index contributed by atoms with van der Waals surface area (Å²) in [6.45, 7) is 0.896. The highest BCUT2D eigenvalue weighted by Gasteiger charge is 2.30. The molecule has 0 bridgehead atoms. The maximum absolute atomic E-state index is 13.4. The van der Waals surface area contributed by atoms with Crippen LogP contribution in [0.25, 0.3) is 0 Å². The van der Waals surface area contributed by atoms with Gasteiger partial charge in [-0.3, -0.25) is 14.4 Å². The summed E-state index contributed by atoms with van der Waals surface area (Å²) in [5.74, 6) is -2.32. The standard InChI is InChI=1S/C26H44N6O6S/c1-39-15-12-20(24(35)31-21(26(37)38)7-3-5-14-28)30-25(36)22(16-17-8-10-18(33)11-9-17)32-23(34)19(29)6-2-4-13-27/h8-11,19-22,33H,2-7,12-16,27-29H2,1H3,(H,30,36)(H,31,35)(H,32,34)(H,37,38). The number of amides is 3. The first-order chi connectivity index (χ1) is 18.6. The molecule has 4 unspecified atom stereocenters. The Morgan fingerprint density at radius 1 is 0.795 bits per heavy atom. The van der Waals surface area contributed by atoms with Gasteiger partial charge in [0.1, 0.15) is 23.9 Å². The summed E-state index contributed by atoms with van der Waals surface area (Å²) >= 11 is 1.47. The largest absolute Gasteiger partial charge is 0.508 e. The van der Waals surface area contributed by atoms with E-state index < -0.39 is 47.9 Å². The minimum atomic E-state index is -1.17. The predicted octanol–water partition coefficient (Wildman–Crippen LogP) is -0.188. The number of carbonyl (C=O) groups excluding carboxylic acids is 3. The van der Waals surface area contributed by atoms with Crippen LogP contribution >= 0.6 is 11.8 Å². The number of unbranched alkanes of at least 4 members (excludes halogenated alkanes) is 2. The number of carbonyl (C=O) groups is 4. The van der Waals surface area contributed by atoms with Crippen molar-refractivity contribution in [2.24, 2.45) is 17.2 Å². The molecular weight excluding hydrogens is 524 g/mol. The number of nitrogens with one attached hydrogen (secondary N) is 3. The Balaban J connectivity index is 3.05. The van der Waals surface area contributed by atoms with Gasteiger partial charge in [0.2, 0.25) is 17.7 Å². The molecule has 1 aromatic rings. The fraction of sp³-hybridized carbons (Fsp3) is 0.615. The monoisotopic (exact) mass is 568 g/mol. The van der Waals surface area contributed by atoms with E-state index in [1.54, 1.807) is 12.1 Å². The van der Waals surface area contributed by atoms with Gasteiger partial charge in [-0.25, -0.2) is 4.79 Å². The van der Waals surface area contributed by atoms with E-state index in [2.05, 4.69) is 16.0 Å². The van der Waals surface area contributed by atoms with Crippen LogP contribution in [-0.2, 0) is 25.6 Å². The van der Waals surface area contributed by atoms with Crippen LogP contribution < -0.4 is 33.2 Å². The van der Waals surface area contributed by atoms with Crippen LogP contribution in [0, 0.1) is 0 Å². The third kappa shape index (κ3) is 13.7. The fourth-order valence-electron chi connectivity index (χ4n) is 3.79. The van der Waals surface area contributed by atoms with E-state index in [1.165, 1.54) is 23.9 Å². The smallest absolute Gasteiger partial charge is 0.326 e. The Morgan fingerprint density at radius 3 is 1.90 bits per heavy atom. The molecule has 0 aliphatic heterocycles. The number of aliphatic carboxylic acids is 1. The second-order valence-electron chi connectivity index (χ2n) is 9.35. The quantitative estimate of drug-likeness (QED) is 0.0968. The first-order valence-corrected chi connectivity index (χ1v) is 14.6. The Morgan fingerprint density at radius 2 is 1.33 bits per heavy atom. The van der Waals surface area contributed by atoms with Crippen molar-refractivity contribution in [2.75, 3.05) is 25.1 Å². The number of rotatable bonds is 20. The molecule has 0 spiro atoms. The molecule has 0 aliphatic rings. The van der Waals surface area contributed by atoms with Crippen LogP contribution in [0.5, 0.6) is 5.75 Å². The summed E-state index contributed by atoms with van der Waals surface area (Å²) in [6, 6.07) is 2.15. The van der Waals surface area contributed by atoms with Crippen molar-refractivity contribution in [3.05, 3.63) is 29.8 Å². The number of nitrogens with two attached hydrogens (primary N) is 3. The molecule has 0 saturated carbocycles. The summed E-state index contributed by atoms with van der Waals surface area (Å²) in [6.07, 6.45) is 5.33. The van der Waals surface area contributed by atoms with Crippen molar-refractivity contribution in [3.63, 3.8) is 0 Å². The average molecular weight is 569 g/mol. The molecule has 3 amide bonds. The van der Waals surface area contributed by atoms with Crippen LogP contribution in [0.2, 0.25) is 0 Å². The summed E-state index contributed by atoms with van der Waals surface area (Å²) in [5, 5.41) is 27.0. The number of benzene rings is 1. The molecule has 0 saturated heterocycles. The number of hydrogen-bond donors (Lipinski definition) is 8. The van der Waals surface area contributed by atoms with Crippen molar-refractivity contribution < 1.29 is 29.4 Å². The Hall–Kier alpha value is -2.87. The lowest BCUT2D eigenvalue weighted by Gasteiger charge is -2.25. The molecule has 13 heteroatoms. The van der Waals surface area contributed by atoms with Gasteiger partial charge < -0.3 is 43.4 Å². The van der Waals surface area contributed by atoms with Crippen LogP contribution in [0.3, 0.4) is 0 Å². The minimum Gasteiger partial charge on any atom is -0.508 e. The average Bonchev–Trinajstić information content (AvgIpc) is 2.90. The second-order valence-corrected chi connectivity index (χ2v) is 10.3. The number of carboxylic acid groups (broad SMARTS) is 1. The molecule has 220 valence electrons. The Bertz CT molecular complexity index is 903. The summed E-state index contributed by atoms with van der Waals surface area (Å²) < 4.78 is 0. The highest BCUT2D eigenvalue weighted by atomic mass is 32.2. The molecule has 0 heterocycles. The molecule has 1 aromatic carbocycles. The highest BCUT2D eigenvalue weighted by molar-refractivity contribution is 7.98. The Kier molecular flexibility index (Phi) is 16.8. The molecule has 39 heavy (non-hydrogen) atoms. The van der Waals surface area contributed by atoms with Crippen LogP contribution in [0.1, 0.15) is 50.5 Å². The maximum Gasteiger partial charge on any atom is 0.326 e. The van der Waals surface area contributed by atoms with E-state index in [1.807, 2.05) is 6.26 Å². The van der Waals surface area contributed by atoms with Gasteiger partial charge in [0.25, 0.3) is 0 Å². The van der Waals surface area contributed by atoms with Crippen LogP contribution in [-0.4, -0.2) is 83.2 Å².